The molecule has 2 rings (SSSR count). The lowest BCUT2D eigenvalue weighted by Gasteiger charge is -2.28. The molecule has 0 radical (unpaired) electrons. The molecule has 0 spiro atoms. The third-order valence-electron chi connectivity index (χ3n) is 4.22. The molecule has 0 amide bonds. The largest absolute Gasteiger partial charge is 0.494 e. The van der Waals surface area contributed by atoms with Crippen molar-refractivity contribution in [3.8, 4) is 5.75 Å². The van der Waals surface area contributed by atoms with Gasteiger partial charge in [0.25, 0.3) is 0 Å². The molecule has 0 unspecified atom stereocenters. The van der Waals surface area contributed by atoms with Gasteiger partial charge in [0.05, 0.1) is 18.5 Å². The van der Waals surface area contributed by atoms with E-state index >= 15 is 0 Å². The van der Waals surface area contributed by atoms with Crippen LogP contribution in [0.3, 0.4) is 0 Å². The van der Waals surface area contributed by atoms with Gasteiger partial charge < -0.3 is 4.74 Å². The highest BCUT2D eigenvalue weighted by Crippen LogP contribution is 2.41. The maximum absolute atomic E-state index is 7.99. The van der Waals surface area contributed by atoms with Gasteiger partial charge in [-0.05, 0) is 40.7 Å². The standard InChI is InChI=1S/C21H28ClN3O/c1-20(2,3)13-10-15(21(4,5)6)19(26-7)18(11-13)25-24-17-12-14(22)8-9-16(17)23/h8-12,23,25H,1-7H3/b23-16?,24-17-. The van der Waals surface area contributed by atoms with Gasteiger partial charge in [0, 0.05) is 10.6 Å². The second-order valence-corrected chi connectivity index (χ2v) is 8.93. The van der Waals surface area contributed by atoms with Crippen molar-refractivity contribution < 1.29 is 4.74 Å². The number of hydrogen-bond donors (Lipinski definition) is 2. The van der Waals surface area contributed by atoms with Gasteiger partial charge in [-0.3, -0.25) is 10.8 Å². The van der Waals surface area contributed by atoms with E-state index in [9.17, 15) is 0 Å². The fourth-order valence-corrected chi connectivity index (χ4v) is 2.81. The van der Waals surface area contributed by atoms with E-state index in [0.29, 0.717) is 16.5 Å². The summed E-state index contributed by atoms with van der Waals surface area (Å²) in [6.07, 6.45) is 4.98. The monoisotopic (exact) mass is 373 g/mol. The Morgan fingerprint density at radius 2 is 1.69 bits per heavy atom. The highest BCUT2D eigenvalue weighted by molar-refractivity contribution is 6.52. The van der Waals surface area contributed by atoms with Crippen LogP contribution in [0.4, 0.5) is 5.69 Å². The van der Waals surface area contributed by atoms with Gasteiger partial charge in [-0.15, -0.1) is 0 Å². The Balaban J connectivity index is 2.56. The maximum Gasteiger partial charge on any atom is 0.147 e. The van der Waals surface area contributed by atoms with Crippen LogP contribution in [0.1, 0.15) is 52.7 Å². The molecule has 0 saturated carbocycles. The van der Waals surface area contributed by atoms with E-state index in [-0.39, 0.29) is 10.8 Å². The summed E-state index contributed by atoms with van der Waals surface area (Å²) >= 11 is 6.03. The van der Waals surface area contributed by atoms with Crippen LogP contribution in [0.15, 0.2) is 40.5 Å². The molecule has 1 aliphatic rings. The molecule has 2 N–H and O–H groups in total. The zero-order chi connectivity index (χ0) is 19.7. The van der Waals surface area contributed by atoms with Crippen LogP contribution >= 0.6 is 11.6 Å². The molecule has 1 aliphatic carbocycles. The summed E-state index contributed by atoms with van der Waals surface area (Å²) in [5.74, 6) is 0.766. The topological polar surface area (TPSA) is 57.5 Å². The van der Waals surface area contributed by atoms with Gasteiger partial charge in [0.15, 0.2) is 0 Å². The molecule has 26 heavy (non-hydrogen) atoms. The number of benzene rings is 1. The minimum absolute atomic E-state index is 0.0145. The molecule has 1 aromatic carbocycles. The van der Waals surface area contributed by atoms with Crippen molar-refractivity contribution in [2.75, 3.05) is 12.5 Å². The second kappa shape index (κ2) is 7.28. The number of halogens is 1. The predicted octanol–water partition coefficient (Wildman–Crippen LogP) is 5.77. The van der Waals surface area contributed by atoms with E-state index in [1.54, 1.807) is 25.3 Å². The van der Waals surface area contributed by atoms with Crippen molar-refractivity contribution in [2.45, 2.75) is 52.4 Å². The first-order chi connectivity index (χ1) is 11.9. The smallest absolute Gasteiger partial charge is 0.147 e. The lowest BCUT2D eigenvalue weighted by Crippen LogP contribution is -2.19. The molecule has 4 nitrogen and oxygen atoms in total. The van der Waals surface area contributed by atoms with E-state index < -0.39 is 0 Å². The average molecular weight is 374 g/mol. The normalized spacial score (nSPS) is 16.7. The number of anilines is 1. The number of allylic oxidation sites excluding steroid dienone is 4. The van der Waals surface area contributed by atoms with Crippen LogP contribution in [0, 0.1) is 5.41 Å². The van der Waals surface area contributed by atoms with Crippen LogP contribution in [0.2, 0.25) is 0 Å². The Kier molecular flexibility index (Phi) is 5.67. The number of ether oxygens (including phenoxy) is 1. The predicted molar refractivity (Wildman–Crippen MR) is 112 cm³/mol. The molecule has 0 aliphatic heterocycles. The van der Waals surface area contributed by atoms with Gasteiger partial charge in [0.2, 0.25) is 0 Å². The molecular formula is C21H28ClN3O. The molecular weight excluding hydrogens is 346 g/mol. The number of rotatable bonds is 3. The molecule has 0 bridgehead atoms. The van der Waals surface area contributed by atoms with Crippen LogP contribution in [-0.4, -0.2) is 18.5 Å². The summed E-state index contributed by atoms with van der Waals surface area (Å²) in [4.78, 5) is 0. The number of nitrogens with zero attached hydrogens (tertiary/aromatic N) is 1. The minimum Gasteiger partial charge on any atom is -0.494 e. The molecule has 1 aromatic rings. The van der Waals surface area contributed by atoms with Crippen molar-refractivity contribution in [1.29, 1.82) is 5.41 Å². The Morgan fingerprint density at radius 3 is 2.23 bits per heavy atom. The lowest BCUT2D eigenvalue weighted by atomic mass is 9.79. The Morgan fingerprint density at radius 1 is 1.04 bits per heavy atom. The average Bonchev–Trinajstić information content (AvgIpc) is 2.53. The number of nitrogens with one attached hydrogen (secondary N) is 2. The van der Waals surface area contributed by atoms with Crippen molar-refractivity contribution in [3.63, 3.8) is 0 Å². The van der Waals surface area contributed by atoms with Crippen molar-refractivity contribution >= 4 is 28.7 Å². The van der Waals surface area contributed by atoms with Gasteiger partial charge in [-0.25, -0.2) is 0 Å². The summed E-state index contributed by atoms with van der Waals surface area (Å²) in [7, 11) is 1.67. The zero-order valence-corrected chi connectivity index (χ0v) is 17.4. The van der Waals surface area contributed by atoms with Crippen LogP contribution < -0.4 is 10.2 Å². The minimum atomic E-state index is -0.0837. The third-order valence-corrected chi connectivity index (χ3v) is 4.46. The first kappa shape index (κ1) is 20.2. The van der Waals surface area contributed by atoms with Gasteiger partial charge >= 0.3 is 0 Å². The third kappa shape index (κ3) is 4.55. The van der Waals surface area contributed by atoms with Crippen LogP contribution in [0.25, 0.3) is 0 Å². The van der Waals surface area contributed by atoms with Gasteiger partial charge in [-0.1, -0.05) is 59.2 Å². The van der Waals surface area contributed by atoms with Gasteiger partial charge in [-0.2, -0.15) is 5.10 Å². The molecule has 0 atom stereocenters. The summed E-state index contributed by atoms with van der Waals surface area (Å²) in [5, 5.41) is 12.9. The van der Waals surface area contributed by atoms with E-state index in [1.165, 1.54) is 5.56 Å². The molecule has 0 saturated heterocycles. The summed E-state index contributed by atoms with van der Waals surface area (Å²) in [5.41, 5.74) is 6.88. The molecule has 0 aromatic heterocycles. The quantitative estimate of drug-likeness (QED) is 0.521. The summed E-state index contributed by atoms with van der Waals surface area (Å²) < 4.78 is 5.72. The maximum atomic E-state index is 7.99. The van der Waals surface area contributed by atoms with Crippen LogP contribution in [-0.2, 0) is 10.8 Å². The van der Waals surface area contributed by atoms with E-state index in [4.69, 9.17) is 21.7 Å². The zero-order valence-electron chi connectivity index (χ0n) is 16.6. The first-order valence-electron chi connectivity index (χ1n) is 8.64. The van der Waals surface area contributed by atoms with Crippen molar-refractivity contribution in [2.24, 2.45) is 5.10 Å². The molecule has 5 heteroatoms. The van der Waals surface area contributed by atoms with E-state index in [2.05, 4.69) is 64.2 Å². The Bertz CT molecular complexity index is 806. The van der Waals surface area contributed by atoms with E-state index in [0.717, 1.165) is 17.0 Å². The summed E-state index contributed by atoms with van der Waals surface area (Å²) in [6, 6.07) is 4.27. The highest BCUT2D eigenvalue weighted by atomic mass is 35.5. The Labute approximate surface area is 161 Å². The van der Waals surface area contributed by atoms with E-state index in [1.807, 2.05) is 0 Å². The number of hydrazone groups is 1. The lowest BCUT2D eigenvalue weighted by molar-refractivity contribution is 0.398. The van der Waals surface area contributed by atoms with Crippen molar-refractivity contribution in [1.82, 2.24) is 0 Å². The number of hydrogen-bond acceptors (Lipinski definition) is 4. The molecule has 0 fully saturated rings. The molecule has 140 valence electrons. The van der Waals surface area contributed by atoms with Crippen LogP contribution in [0.5, 0.6) is 5.75 Å². The summed E-state index contributed by atoms with van der Waals surface area (Å²) in [6.45, 7) is 13.0. The van der Waals surface area contributed by atoms with Gasteiger partial charge in [0.1, 0.15) is 11.5 Å². The fourth-order valence-electron chi connectivity index (χ4n) is 2.64. The SMILES string of the molecule is COc1c(N/N=C2/C=C(Cl)C=CC2=N)cc(C(C)(C)C)cc1C(C)(C)C. The fraction of sp³-hybridized carbons (Fsp3) is 0.429. The highest BCUT2D eigenvalue weighted by Gasteiger charge is 2.26. The second-order valence-electron chi connectivity index (χ2n) is 8.49. The molecule has 0 heterocycles. The Hall–Kier alpha value is -2.07. The first-order valence-corrected chi connectivity index (χ1v) is 9.02. The van der Waals surface area contributed by atoms with Crippen molar-refractivity contribution in [3.05, 3.63) is 46.5 Å². The number of methoxy groups -OCH3 is 1.